The van der Waals surface area contributed by atoms with Gasteiger partial charge in [0.25, 0.3) is 0 Å². The summed E-state index contributed by atoms with van der Waals surface area (Å²) in [6, 6.07) is 3.36. The quantitative estimate of drug-likeness (QED) is 0.365. The minimum absolute atomic E-state index is 0.586. The smallest absolute Gasteiger partial charge is 0.144 e. The van der Waals surface area contributed by atoms with Crippen LogP contribution >= 0.6 is 22.6 Å². The van der Waals surface area contributed by atoms with Crippen LogP contribution in [0.15, 0.2) is 18.5 Å². The summed E-state index contributed by atoms with van der Waals surface area (Å²) in [5.74, 6) is 0. The molecule has 1 saturated heterocycles. The van der Waals surface area contributed by atoms with Crippen LogP contribution in [0.3, 0.4) is 0 Å². The van der Waals surface area contributed by atoms with Gasteiger partial charge in [0.2, 0.25) is 0 Å². The van der Waals surface area contributed by atoms with E-state index in [-0.39, 0.29) is 0 Å². The molecular weight excluding hydrogens is 443 g/mol. The molecule has 0 spiro atoms. The molecule has 2 aromatic rings. The molecule has 1 fully saturated rings. The first-order valence-electron chi connectivity index (χ1n) is 9.00. The molecule has 0 N–H and O–H groups in total. The topological polar surface area (TPSA) is 33.5 Å². The van der Waals surface area contributed by atoms with E-state index in [0.717, 1.165) is 38.4 Å². The zero-order valence-electron chi connectivity index (χ0n) is 15.8. The number of pyridine rings is 1. The molecule has 3 rings (SSSR count). The maximum absolute atomic E-state index is 5.95. The highest BCUT2D eigenvalue weighted by Crippen LogP contribution is 2.31. The van der Waals surface area contributed by atoms with Crippen molar-refractivity contribution in [1.82, 2.24) is 14.5 Å². The van der Waals surface area contributed by atoms with Crippen molar-refractivity contribution in [3.63, 3.8) is 0 Å². The maximum Gasteiger partial charge on any atom is 0.144 e. The van der Waals surface area contributed by atoms with E-state index in [9.17, 15) is 0 Å². The van der Waals surface area contributed by atoms with Crippen LogP contribution in [0.1, 0.15) is 0 Å². The van der Waals surface area contributed by atoms with Crippen molar-refractivity contribution in [3.8, 4) is 0 Å². The Kier molecular flexibility index (Phi) is 6.07. The van der Waals surface area contributed by atoms with Gasteiger partial charge < -0.3 is 19.1 Å². The Balaban J connectivity index is 1.77. The molecule has 0 radical (unpaired) electrons. The van der Waals surface area contributed by atoms with E-state index in [1.807, 2.05) is 6.20 Å². The molecule has 138 valence electrons. The third-order valence-corrected chi connectivity index (χ3v) is 7.28. The molecule has 0 amide bonds. The summed E-state index contributed by atoms with van der Waals surface area (Å²) in [4.78, 5) is 9.52. The Morgan fingerprint density at radius 1 is 1.20 bits per heavy atom. The predicted molar refractivity (Wildman–Crippen MR) is 116 cm³/mol. The normalized spacial score (nSPS) is 16.8. The van der Waals surface area contributed by atoms with Crippen molar-refractivity contribution in [2.75, 3.05) is 44.7 Å². The summed E-state index contributed by atoms with van der Waals surface area (Å²) in [5.41, 5.74) is 2.34. The molecule has 0 unspecified atom stereocenters. The van der Waals surface area contributed by atoms with Crippen LogP contribution in [0.5, 0.6) is 0 Å². The standard InChI is InChI=1S/C18H29IN4OSi/c1-21-7-9-22(10-8-21)16-5-6-20-18-17(16)15(19)13-23(18)14-24-11-12-25(2,3)4/h5-6,13H,7-12,14H2,1-4H3. The minimum Gasteiger partial charge on any atom is -0.368 e. The molecule has 0 atom stereocenters. The monoisotopic (exact) mass is 472 g/mol. The second-order valence-electron chi connectivity index (χ2n) is 8.11. The number of likely N-dealkylation sites (N-methyl/N-ethyl adjacent to an activating group) is 1. The summed E-state index contributed by atoms with van der Waals surface area (Å²) in [6.07, 6.45) is 4.11. The molecule has 0 bridgehead atoms. The van der Waals surface area contributed by atoms with Crippen molar-refractivity contribution >= 4 is 47.4 Å². The summed E-state index contributed by atoms with van der Waals surface area (Å²) in [6.45, 7) is 12.9. The van der Waals surface area contributed by atoms with Crippen molar-refractivity contribution in [2.24, 2.45) is 0 Å². The number of halogens is 1. The fourth-order valence-electron chi connectivity index (χ4n) is 3.10. The summed E-state index contributed by atoms with van der Waals surface area (Å²) in [5, 5.41) is 1.27. The number of piperazine rings is 1. The molecule has 0 saturated carbocycles. The van der Waals surface area contributed by atoms with E-state index in [2.05, 4.69) is 80.9 Å². The van der Waals surface area contributed by atoms with E-state index in [1.54, 1.807) is 0 Å². The molecule has 1 aliphatic heterocycles. The van der Waals surface area contributed by atoms with E-state index in [1.165, 1.54) is 20.7 Å². The second-order valence-corrected chi connectivity index (χ2v) is 14.9. The number of nitrogens with zero attached hydrogens (tertiary/aromatic N) is 4. The van der Waals surface area contributed by atoms with Crippen LogP contribution < -0.4 is 4.90 Å². The Hall–Kier alpha value is -0.643. The molecule has 25 heavy (non-hydrogen) atoms. The van der Waals surface area contributed by atoms with Gasteiger partial charge in [0.1, 0.15) is 12.4 Å². The summed E-state index contributed by atoms with van der Waals surface area (Å²) < 4.78 is 9.36. The van der Waals surface area contributed by atoms with Crippen LogP contribution in [-0.2, 0) is 11.5 Å². The zero-order chi connectivity index (χ0) is 18.0. The van der Waals surface area contributed by atoms with E-state index < -0.39 is 8.07 Å². The third-order valence-electron chi connectivity index (χ3n) is 4.76. The van der Waals surface area contributed by atoms with E-state index >= 15 is 0 Å². The Morgan fingerprint density at radius 3 is 2.60 bits per heavy atom. The lowest BCUT2D eigenvalue weighted by Crippen LogP contribution is -2.44. The largest absolute Gasteiger partial charge is 0.368 e. The van der Waals surface area contributed by atoms with Crippen LogP contribution in [0, 0.1) is 3.57 Å². The van der Waals surface area contributed by atoms with Gasteiger partial charge >= 0.3 is 0 Å². The van der Waals surface area contributed by atoms with Gasteiger partial charge in [-0.25, -0.2) is 4.98 Å². The first kappa shape index (κ1) is 19.1. The summed E-state index contributed by atoms with van der Waals surface area (Å²) >= 11 is 2.43. The number of hydrogen-bond donors (Lipinski definition) is 0. The van der Waals surface area contributed by atoms with Crippen molar-refractivity contribution in [3.05, 3.63) is 22.0 Å². The summed E-state index contributed by atoms with van der Waals surface area (Å²) in [7, 11) is 1.15. The number of hydrogen-bond acceptors (Lipinski definition) is 4. The van der Waals surface area contributed by atoms with Crippen molar-refractivity contribution < 1.29 is 4.74 Å². The first-order chi connectivity index (χ1) is 11.8. The number of rotatable bonds is 6. The van der Waals surface area contributed by atoms with Crippen molar-refractivity contribution in [1.29, 1.82) is 0 Å². The first-order valence-corrected chi connectivity index (χ1v) is 13.8. The highest BCUT2D eigenvalue weighted by molar-refractivity contribution is 14.1. The molecular formula is C18H29IN4OSi. The Labute approximate surface area is 165 Å². The molecule has 1 aliphatic rings. The lowest BCUT2D eigenvalue weighted by atomic mass is 10.2. The highest BCUT2D eigenvalue weighted by Gasteiger charge is 2.20. The number of anilines is 1. The van der Waals surface area contributed by atoms with Crippen LogP contribution in [0.2, 0.25) is 25.7 Å². The van der Waals surface area contributed by atoms with Crippen LogP contribution in [0.25, 0.3) is 11.0 Å². The zero-order valence-corrected chi connectivity index (χ0v) is 18.9. The fraction of sp³-hybridized carbons (Fsp3) is 0.611. The lowest BCUT2D eigenvalue weighted by molar-refractivity contribution is 0.0898. The number of ether oxygens (including phenoxy) is 1. The second kappa shape index (κ2) is 7.94. The predicted octanol–water partition coefficient (Wildman–Crippen LogP) is 3.71. The van der Waals surface area contributed by atoms with Gasteiger partial charge in [-0.3, -0.25) is 0 Å². The molecule has 0 aromatic carbocycles. The van der Waals surface area contributed by atoms with E-state index in [4.69, 9.17) is 4.74 Å². The third kappa shape index (κ3) is 4.75. The highest BCUT2D eigenvalue weighted by atomic mass is 127. The molecule has 7 heteroatoms. The lowest BCUT2D eigenvalue weighted by Gasteiger charge is -2.34. The van der Waals surface area contributed by atoms with Gasteiger partial charge in [-0.2, -0.15) is 0 Å². The van der Waals surface area contributed by atoms with Crippen LogP contribution in [0.4, 0.5) is 5.69 Å². The van der Waals surface area contributed by atoms with Gasteiger partial charge in [-0.15, -0.1) is 0 Å². The van der Waals surface area contributed by atoms with Gasteiger partial charge in [-0.05, 0) is 41.7 Å². The number of aromatic nitrogens is 2. The van der Waals surface area contributed by atoms with Gasteiger partial charge in [0, 0.05) is 56.8 Å². The average Bonchev–Trinajstić information content (AvgIpc) is 2.88. The molecule has 3 heterocycles. The molecule has 0 aliphatic carbocycles. The average molecular weight is 472 g/mol. The Bertz CT molecular complexity index is 720. The minimum atomic E-state index is -1.04. The van der Waals surface area contributed by atoms with Gasteiger partial charge in [0.15, 0.2) is 0 Å². The Morgan fingerprint density at radius 2 is 1.92 bits per heavy atom. The van der Waals surface area contributed by atoms with Crippen LogP contribution in [-0.4, -0.2) is 62.4 Å². The molecule has 5 nitrogen and oxygen atoms in total. The van der Waals surface area contributed by atoms with Gasteiger partial charge in [0.05, 0.1) is 11.1 Å². The van der Waals surface area contributed by atoms with Crippen molar-refractivity contribution in [2.45, 2.75) is 32.4 Å². The fourth-order valence-corrected chi connectivity index (χ4v) is 4.71. The molecule has 2 aromatic heterocycles. The number of fused-ring (bicyclic) bond motifs is 1. The SMILES string of the molecule is CN1CCN(c2ccnc3c2c(I)cn3COCC[Si](C)(C)C)CC1. The van der Waals surface area contributed by atoms with E-state index in [0.29, 0.717) is 6.73 Å². The van der Waals surface area contributed by atoms with Gasteiger partial charge in [-0.1, -0.05) is 19.6 Å². The maximum atomic E-state index is 5.95.